The summed E-state index contributed by atoms with van der Waals surface area (Å²) in [5, 5.41) is 3.22. The second-order valence-corrected chi connectivity index (χ2v) is 7.80. The van der Waals surface area contributed by atoms with Gasteiger partial charge in [-0.25, -0.2) is 14.4 Å². The zero-order valence-corrected chi connectivity index (χ0v) is 20.7. The maximum atomic E-state index is 14.8. The third-order valence-electron chi connectivity index (χ3n) is 4.43. The van der Waals surface area contributed by atoms with E-state index in [2.05, 4.69) is 47.3 Å². The van der Waals surface area contributed by atoms with E-state index in [1.54, 1.807) is 6.07 Å². The molecule has 1 heterocycles. The lowest BCUT2D eigenvalue weighted by molar-refractivity contribution is -0.134. The summed E-state index contributed by atoms with van der Waals surface area (Å²) in [4.78, 5) is 8.29. The molecule has 0 aliphatic heterocycles. The largest absolute Gasteiger partial charge is 0.487 e. The number of benzene rings is 2. The van der Waals surface area contributed by atoms with Crippen molar-refractivity contribution in [3.8, 4) is 11.5 Å². The first-order valence-electron chi connectivity index (χ1n) is 9.93. The van der Waals surface area contributed by atoms with Crippen LogP contribution in [-0.4, -0.2) is 49.6 Å². The Kier molecular flexibility index (Phi) is 10.3. The number of alkyl halides is 5. The van der Waals surface area contributed by atoms with Gasteiger partial charge in [0.15, 0.2) is 17.3 Å². The van der Waals surface area contributed by atoms with Crippen molar-refractivity contribution in [3.05, 3.63) is 47.0 Å². The van der Waals surface area contributed by atoms with Crippen molar-refractivity contribution in [2.45, 2.75) is 17.7 Å². The molecule has 0 bridgehead atoms. The average Bonchev–Trinajstić information content (AvgIpc) is 2.82. The summed E-state index contributed by atoms with van der Waals surface area (Å²) in [5.74, 6) is -0.289. The molecule has 35 heavy (non-hydrogen) atoms. The quantitative estimate of drug-likeness (QED) is 0.102. The summed E-state index contributed by atoms with van der Waals surface area (Å²) in [6.07, 6.45) is 1.23. The van der Waals surface area contributed by atoms with E-state index in [4.69, 9.17) is 21.1 Å². The van der Waals surface area contributed by atoms with E-state index in [-0.39, 0.29) is 41.2 Å². The minimum Gasteiger partial charge on any atom is -0.487 e. The third-order valence-corrected chi connectivity index (χ3v) is 5.66. The molecule has 0 aliphatic rings. The van der Waals surface area contributed by atoms with Crippen molar-refractivity contribution >= 4 is 56.6 Å². The molecule has 0 radical (unpaired) electrons. The number of anilines is 2. The first-order chi connectivity index (χ1) is 16.8. The number of fused-ring (bicyclic) bond motifs is 1. The molecule has 3 aromatic rings. The molecule has 0 fully saturated rings. The summed E-state index contributed by atoms with van der Waals surface area (Å²) >= 11 is 8.16. The van der Waals surface area contributed by atoms with Crippen LogP contribution in [0.15, 0.2) is 30.6 Å². The number of hydrogen-bond donors (Lipinski definition) is 1. The van der Waals surface area contributed by atoms with Crippen LogP contribution >= 0.6 is 34.2 Å². The molecule has 2 aromatic carbocycles. The highest BCUT2D eigenvalue weighted by atomic mass is 127. The van der Waals surface area contributed by atoms with Crippen molar-refractivity contribution in [2.24, 2.45) is 0 Å². The normalized spacial score (nSPS) is 11.5. The molecular formula is C21H18ClF5IN3O4. The molecule has 0 spiro atoms. The molecule has 190 valence electrons. The first-order valence-corrected chi connectivity index (χ1v) is 11.8. The van der Waals surface area contributed by atoms with Gasteiger partial charge in [0.2, 0.25) is 0 Å². The van der Waals surface area contributed by atoms with E-state index in [9.17, 15) is 22.0 Å². The van der Waals surface area contributed by atoms with Gasteiger partial charge in [0.1, 0.15) is 25.4 Å². The van der Waals surface area contributed by atoms with Gasteiger partial charge in [-0.15, -0.1) is 0 Å². The summed E-state index contributed by atoms with van der Waals surface area (Å²) in [6.45, 7) is -7.28. The first kappa shape index (κ1) is 27.4. The fourth-order valence-corrected chi connectivity index (χ4v) is 3.98. The lowest BCUT2D eigenvalue weighted by Gasteiger charge is -2.16. The molecule has 1 aromatic heterocycles. The fraction of sp³-hybridized carbons (Fsp3) is 0.333. The Balaban J connectivity index is 1.91. The van der Waals surface area contributed by atoms with Gasteiger partial charge in [0.05, 0.1) is 29.4 Å². The summed E-state index contributed by atoms with van der Waals surface area (Å²) in [7, 11) is 0. The Labute approximate surface area is 215 Å². The molecule has 0 atom stereocenters. The fourth-order valence-electron chi connectivity index (χ4n) is 2.88. The zero-order chi connectivity index (χ0) is 25.4. The lowest BCUT2D eigenvalue weighted by atomic mass is 10.2. The van der Waals surface area contributed by atoms with E-state index < -0.39 is 32.3 Å². The number of ether oxygens (including phenoxy) is 4. The lowest BCUT2D eigenvalue weighted by Crippen LogP contribution is -2.12. The third kappa shape index (κ3) is 7.62. The van der Waals surface area contributed by atoms with Crippen LogP contribution in [0.5, 0.6) is 11.5 Å². The monoisotopic (exact) mass is 633 g/mol. The summed E-state index contributed by atoms with van der Waals surface area (Å²) in [5.41, 5.74) is 1.04. The highest BCUT2D eigenvalue weighted by Gasteiger charge is 2.16. The molecule has 7 nitrogen and oxygen atoms in total. The van der Waals surface area contributed by atoms with Crippen LogP contribution in [-0.2, 0) is 13.9 Å². The number of hydrogen-bond acceptors (Lipinski definition) is 7. The topological polar surface area (TPSA) is 74.7 Å². The van der Waals surface area contributed by atoms with E-state index in [1.807, 2.05) is 0 Å². The Morgan fingerprint density at radius 2 is 1.54 bits per heavy atom. The van der Waals surface area contributed by atoms with E-state index in [1.165, 1.54) is 24.5 Å². The maximum absolute atomic E-state index is 14.8. The van der Waals surface area contributed by atoms with Crippen molar-refractivity contribution in [2.75, 3.05) is 31.7 Å². The van der Waals surface area contributed by atoms with Crippen LogP contribution in [0.1, 0.15) is 5.56 Å². The molecule has 1 N–H and O–H groups in total. The van der Waals surface area contributed by atoms with Crippen LogP contribution in [0.3, 0.4) is 0 Å². The van der Waals surface area contributed by atoms with Gasteiger partial charge in [-0.05, 0) is 17.7 Å². The number of nitrogens with zero attached hydrogens (tertiary/aromatic N) is 2. The SMILES string of the molecule is Fc1c(Nc2ncnc3cc(OCCOC(F)F)c(OCCOC(F)F)cc23)ccc(CI)c1Cl. The van der Waals surface area contributed by atoms with Gasteiger partial charge in [-0.3, -0.25) is 0 Å². The van der Waals surface area contributed by atoms with E-state index in [0.29, 0.717) is 20.9 Å². The van der Waals surface area contributed by atoms with Crippen molar-refractivity contribution in [1.82, 2.24) is 9.97 Å². The summed E-state index contributed by atoms with van der Waals surface area (Å²) in [6, 6.07) is 6.08. The zero-order valence-electron chi connectivity index (χ0n) is 17.8. The van der Waals surface area contributed by atoms with Gasteiger partial charge in [-0.1, -0.05) is 40.3 Å². The second kappa shape index (κ2) is 13.2. The van der Waals surface area contributed by atoms with Gasteiger partial charge in [0.25, 0.3) is 0 Å². The van der Waals surface area contributed by atoms with Gasteiger partial charge in [-0.2, -0.15) is 17.6 Å². The Morgan fingerprint density at radius 1 is 0.914 bits per heavy atom. The molecular weight excluding hydrogens is 616 g/mol. The maximum Gasteiger partial charge on any atom is 0.345 e. The van der Waals surface area contributed by atoms with Crippen molar-refractivity contribution in [1.29, 1.82) is 0 Å². The highest BCUT2D eigenvalue weighted by Crippen LogP contribution is 2.36. The van der Waals surface area contributed by atoms with Gasteiger partial charge in [0, 0.05) is 15.9 Å². The Hall–Kier alpha value is -2.23. The number of aromatic nitrogens is 2. The number of rotatable bonds is 13. The molecule has 0 saturated carbocycles. The average molecular weight is 634 g/mol. The van der Waals surface area contributed by atoms with E-state index in [0.717, 1.165) is 0 Å². The predicted molar refractivity (Wildman–Crippen MR) is 127 cm³/mol. The second-order valence-electron chi connectivity index (χ2n) is 6.66. The Bertz CT molecular complexity index is 1150. The van der Waals surface area contributed by atoms with Gasteiger partial charge >= 0.3 is 13.2 Å². The van der Waals surface area contributed by atoms with Crippen LogP contribution < -0.4 is 14.8 Å². The van der Waals surface area contributed by atoms with Crippen LogP contribution in [0.4, 0.5) is 33.5 Å². The standard InChI is InChI=1S/C21H18ClF5IN3O4/c22-17-11(9-28)1-2-13(18(17)23)31-19-12-7-15(32-3-5-34-20(24)25)16(8-14(12)29-10-30-19)33-4-6-35-21(26)27/h1-2,7-8,10,20-21H,3-6,9H2,(H,29,30,31). The van der Waals surface area contributed by atoms with Crippen LogP contribution in [0.2, 0.25) is 5.02 Å². The molecule has 0 unspecified atom stereocenters. The minimum absolute atomic E-state index is 0.0208. The van der Waals surface area contributed by atoms with E-state index >= 15 is 0 Å². The van der Waals surface area contributed by atoms with Crippen molar-refractivity contribution < 1.29 is 40.9 Å². The molecule has 0 saturated heterocycles. The smallest absolute Gasteiger partial charge is 0.345 e. The summed E-state index contributed by atoms with van der Waals surface area (Å²) < 4.78 is 83.4. The Morgan fingerprint density at radius 3 is 2.14 bits per heavy atom. The molecule has 0 amide bonds. The molecule has 0 aliphatic carbocycles. The highest BCUT2D eigenvalue weighted by molar-refractivity contribution is 14.1. The number of nitrogens with one attached hydrogen (secondary N) is 1. The van der Waals surface area contributed by atoms with Crippen molar-refractivity contribution in [3.63, 3.8) is 0 Å². The predicted octanol–water partition coefficient (Wildman–Crippen LogP) is 6.34. The van der Waals surface area contributed by atoms with Crippen LogP contribution in [0, 0.1) is 5.82 Å². The number of halogens is 7. The molecule has 14 heteroatoms. The molecule has 3 rings (SSSR count). The minimum atomic E-state index is -2.97. The van der Waals surface area contributed by atoms with Crippen LogP contribution in [0.25, 0.3) is 10.9 Å². The van der Waals surface area contributed by atoms with Gasteiger partial charge < -0.3 is 24.3 Å².